The van der Waals surface area contributed by atoms with Gasteiger partial charge in [-0.25, -0.2) is 13.8 Å². The first kappa shape index (κ1) is 23.1. The van der Waals surface area contributed by atoms with Gasteiger partial charge in [0.2, 0.25) is 0 Å². The molecule has 0 saturated heterocycles. The Labute approximate surface area is 188 Å². The van der Waals surface area contributed by atoms with Gasteiger partial charge in [-0.2, -0.15) is 5.10 Å². The van der Waals surface area contributed by atoms with Gasteiger partial charge in [-0.15, -0.1) is 0 Å². The maximum absolute atomic E-state index is 13.3. The fourth-order valence-electron chi connectivity index (χ4n) is 3.40. The molecule has 3 rings (SSSR count). The Hall–Kier alpha value is -2.58. The summed E-state index contributed by atoms with van der Waals surface area (Å²) < 4.78 is 32.8. The fourth-order valence-corrected chi connectivity index (χ4v) is 5.09. The highest BCUT2D eigenvalue weighted by Gasteiger charge is 2.27. The van der Waals surface area contributed by atoms with Gasteiger partial charge >= 0.3 is 0 Å². The minimum Gasteiger partial charge on any atom is -0.495 e. The van der Waals surface area contributed by atoms with Crippen LogP contribution in [0.15, 0.2) is 58.5 Å². The Morgan fingerprint density at radius 3 is 2.39 bits per heavy atom. The summed E-state index contributed by atoms with van der Waals surface area (Å²) in [6.45, 7) is -0.434. The van der Waals surface area contributed by atoms with Crippen molar-refractivity contribution >= 4 is 38.9 Å². The highest BCUT2D eigenvalue weighted by molar-refractivity contribution is 7.92. The van der Waals surface area contributed by atoms with E-state index in [1.54, 1.807) is 30.3 Å². The molecule has 9 heteroatoms. The lowest BCUT2D eigenvalue weighted by Gasteiger charge is -2.24. The lowest BCUT2D eigenvalue weighted by molar-refractivity contribution is -0.119. The summed E-state index contributed by atoms with van der Waals surface area (Å²) in [5, 5.41) is 4.48. The number of benzene rings is 2. The molecule has 166 valence electrons. The van der Waals surface area contributed by atoms with Crippen molar-refractivity contribution in [1.29, 1.82) is 0 Å². The molecule has 1 N–H and O–H groups in total. The summed E-state index contributed by atoms with van der Waals surface area (Å²) in [5.74, 6) is -0.116. The van der Waals surface area contributed by atoms with Gasteiger partial charge in [0.1, 0.15) is 12.3 Å². The van der Waals surface area contributed by atoms with E-state index in [0.29, 0.717) is 5.75 Å². The molecule has 0 aliphatic heterocycles. The summed E-state index contributed by atoms with van der Waals surface area (Å²) >= 11 is 6.22. The van der Waals surface area contributed by atoms with Gasteiger partial charge in [0, 0.05) is 5.71 Å². The van der Waals surface area contributed by atoms with Crippen molar-refractivity contribution in [3.05, 3.63) is 53.6 Å². The second kappa shape index (κ2) is 10.6. The highest BCUT2D eigenvalue weighted by atomic mass is 35.5. The molecule has 0 spiro atoms. The Morgan fingerprint density at radius 2 is 1.77 bits per heavy atom. The van der Waals surface area contributed by atoms with Crippen LogP contribution in [-0.2, 0) is 14.8 Å². The number of hydrogen-bond acceptors (Lipinski definition) is 5. The van der Waals surface area contributed by atoms with Crippen LogP contribution in [0.2, 0.25) is 5.02 Å². The van der Waals surface area contributed by atoms with Crippen LogP contribution in [0.1, 0.15) is 38.5 Å². The predicted molar refractivity (Wildman–Crippen MR) is 122 cm³/mol. The topological polar surface area (TPSA) is 88.1 Å². The van der Waals surface area contributed by atoms with E-state index in [9.17, 15) is 13.2 Å². The first-order chi connectivity index (χ1) is 14.9. The molecule has 0 aromatic heterocycles. The van der Waals surface area contributed by atoms with Crippen molar-refractivity contribution in [3.8, 4) is 5.75 Å². The minimum absolute atomic E-state index is 0.0739. The van der Waals surface area contributed by atoms with E-state index in [-0.39, 0.29) is 15.6 Å². The molecule has 1 saturated carbocycles. The quantitative estimate of drug-likeness (QED) is 0.487. The van der Waals surface area contributed by atoms with E-state index < -0.39 is 22.5 Å². The third-order valence-electron chi connectivity index (χ3n) is 5.06. The first-order valence-corrected chi connectivity index (χ1v) is 12.0. The zero-order valence-corrected chi connectivity index (χ0v) is 19.0. The molecular weight excluding hydrogens is 438 g/mol. The standard InChI is InChI=1S/C22H26ClN3O4S/c1-30-21-14-13-18(15-20(21)23)26(31(28,29)19-11-7-4-8-12-19)16-22(27)25-24-17-9-5-2-3-6-10-17/h4,7-8,11-15H,2-3,5-6,9-10,16H2,1H3,(H,25,27). The molecule has 7 nitrogen and oxygen atoms in total. The average molecular weight is 464 g/mol. The minimum atomic E-state index is -4.01. The average Bonchev–Trinajstić information content (AvgIpc) is 3.05. The van der Waals surface area contributed by atoms with Gasteiger partial charge in [0.15, 0.2) is 0 Å². The Bertz CT molecular complexity index is 1030. The number of sulfonamides is 1. The van der Waals surface area contributed by atoms with Crippen LogP contribution in [0.4, 0.5) is 5.69 Å². The number of hydrogen-bond donors (Lipinski definition) is 1. The summed E-state index contributed by atoms with van der Waals surface area (Å²) in [6, 6.07) is 12.5. The number of carbonyl (C=O) groups is 1. The number of nitrogens with one attached hydrogen (secondary N) is 1. The zero-order valence-electron chi connectivity index (χ0n) is 17.4. The van der Waals surface area contributed by atoms with Crippen LogP contribution in [-0.4, -0.2) is 33.7 Å². The molecule has 0 unspecified atom stereocenters. The van der Waals surface area contributed by atoms with E-state index >= 15 is 0 Å². The van der Waals surface area contributed by atoms with Crippen molar-refractivity contribution in [2.45, 2.75) is 43.4 Å². The molecule has 31 heavy (non-hydrogen) atoms. The maximum Gasteiger partial charge on any atom is 0.264 e. The Morgan fingerprint density at radius 1 is 1.10 bits per heavy atom. The van der Waals surface area contributed by atoms with Gasteiger partial charge in [0.05, 0.1) is 22.7 Å². The molecule has 1 aliphatic rings. The molecule has 1 fully saturated rings. The normalized spacial score (nSPS) is 14.5. The smallest absolute Gasteiger partial charge is 0.264 e. The van der Waals surface area contributed by atoms with Crippen molar-refractivity contribution in [2.75, 3.05) is 18.0 Å². The van der Waals surface area contributed by atoms with Crippen LogP contribution >= 0.6 is 11.6 Å². The number of halogens is 1. The molecule has 0 bridgehead atoms. The summed E-state index contributed by atoms with van der Waals surface area (Å²) in [6.07, 6.45) is 6.12. The number of carbonyl (C=O) groups excluding carboxylic acids is 1. The zero-order chi connectivity index (χ0) is 22.3. The fraction of sp³-hybridized carbons (Fsp3) is 0.364. The van der Waals surface area contributed by atoms with Crippen molar-refractivity contribution < 1.29 is 17.9 Å². The summed E-state index contributed by atoms with van der Waals surface area (Å²) in [4.78, 5) is 12.7. The molecular formula is C22H26ClN3O4S. The number of hydrazone groups is 1. The number of anilines is 1. The monoisotopic (exact) mass is 463 g/mol. The van der Waals surface area contributed by atoms with E-state index in [2.05, 4.69) is 10.5 Å². The summed E-state index contributed by atoms with van der Waals surface area (Å²) in [7, 11) is -2.54. The molecule has 1 amide bonds. The second-order valence-electron chi connectivity index (χ2n) is 7.27. The number of rotatable bonds is 7. The maximum atomic E-state index is 13.3. The Kier molecular flexibility index (Phi) is 7.92. The van der Waals surface area contributed by atoms with E-state index in [1.807, 2.05) is 0 Å². The van der Waals surface area contributed by atoms with Gasteiger partial charge in [-0.1, -0.05) is 42.6 Å². The van der Waals surface area contributed by atoms with E-state index in [0.717, 1.165) is 48.5 Å². The van der Waals surface area contributed by atoms with Crippen molar-refractivity contribution in [1.82, 2.24) is 5.43 Å². The number of ether oxygens (including phenoxy) is 1. The van der Waals surface area contributed by atoms with Gasteiger partial charge in [-0.05, 0) is 56.0 Å². The molecule has 2 aromatic rings. The highest BCUT2D eigenvalue weighted by Crippen LogP contribution is 2.31. The number of amides is 1. The number of nitrogens with zero attached hydrogens (tertiary/aromatic N) is 2. The Balaban J connectivity index is 1.88. The van der Waals surface area contributed by atoms with Gasteiger partial charge in [-0.3, -0.25) is 9.10 Å². The van der Waals surface area contributed by atoms with Crippen molar-refractivity contribution in [2.24, 2.45) is 5.10 Å². The van der Waals surface area contributed by atoms with Crippen molar-refractivity contribution in [3.63, 3.8) is 0 Å². The third kappa shape index (κ3) is 5.98. The molecule has 0 heterocycles. The van der Waals surface area contributed by atoms with Gasteiger partial charge < -0.3 is 4.74 Å². The summed E-state index contributed by atoms with van der Waals surface area (Å²) in [5.41, 5.74) is 3.72. The van der Waals surface area contributed by atoms with E-state index in [1.165, 1.54) is 25.3 Å². The largest absolute Gasteiger partial charge is 0.495 e. The molecule has 2 aromatic carbocycles. The predicted octanol–water partition coefficient (Wildman–Crippen LogP) is 4.37. The van der Waals surface area contributed by atoms with Crippen LogP contribution in [0, 0.1) is 0 Å². The second-order valence-corrected chi connectivity index (χ2v) is 9.54. The molecule has 0 radical (unpaired) electrons. The third-order valence-corrected chi connectivity index (χ3v) is 7.14. The molecule has 1 aliphatic carbocycles. The number of methoxy groups -OCH3 is 1. The van der Waals surface area contributed by atoms with E-state index in [4.69, 9.17) is 16.3 Å². The van der Waals surface area contributed by atoms with Crippen LogP contribution < -0.4 is 14.5 Å². The van der Waals surface area contributed by atoms with Crippen LogP contribution in [0.25, 0.3) is 0 Å². The lowest BCUT2D eigenvalue weighted by atomic mass is 10.2. The first-order valence-electron chi connectivity index (χ1n) is 10.2. The van der Waals surface area contributed by atoms with Crippen LogP contribution in [0.5, 0.6) is 5.75 Å². The van der Waals surface area contributed by atoms with Crippen LogP contribution in [0.3, 0.4) is 0 Å². The van der Waals surface area contributed by atoms with Gasteiger partial charge in [0.25, 0.3) is 15.9 Å². The molecule has 0 atom stereocenters. The SMILES string of the molecule is COc1ccc(N(CC(=O)NN=C2CCCCCC2)S(=O)(=O)c2ccccc2)cc1Cl. The lowest BCUT2D eigenvalue weighted by Crippen LogP contribution is -2.39.